The average Bonchev–Trinajstić information content (AvgIpc) is 2.59. The Bertz CT molecular complexity index is 716. The molecule has 1 unspecified atom stereocenters. The van der Waals surface area contributed by atoms with Crippen LogP contribution in [0.15, 0.2) is 48.0 Å². The highest BCUT2D eigenvalue weighted by atomic mass is 16.6. The lowest BCUT2D eigenvalue weighted by Crippen LogP contribution is -2.42. The molecule has 1 fully saturated rings. The first-order valence-corrected chi connectivity index (χ1v) is 9.29. The highest BCUT2D eigenvalue weighted by Crippen LogP contribution is 2.30. The van der Waals surface area contributed by atoms with E-state index < -0.39 is 5.60 Å². The lowest BCUT2D eigenvalue weighted by atomic mass is 9.90. The maximum absolute atomic E-state index is 12.4. The van der Waals surface area contributed by atoms with Gasteiger partial charge in [0.1, 0.15) is 17.1 Å². The number of nitrogens with two attached hydrogens (primary N) is 2. The van der Waals surface area contributed by atoms with Gasteiger partial charge >= 0.3 is 6.09 Å². The van der Waals surface area contributed by atoms with E-state index in [1.165, 1.54) is 6.20 Å². The van der Waals surface area contributed by atoms with Crippen molar-refractivity contribution in [2.75, 3.05) is 13.1 Å². The van der Waals surface area contributed by atoms with Gasteiger partial charge in [-0.3, -0.25) is 0 Å². The maximum Gasteiger partial charge on any atom is 0.410 e. The zero-order chi connectivity index (χ0) is 20.0. The van der Waals surface area contributed by atoms with Crippen molar-refractivity contribution in [3.63, 3.8) is 0 Å². The van der Waals surface area contributed by atoms with Crippen LogP contribution >= 0.6 is 0 Å². The van der Waals surface area contributed by atoms with Gasteiger partial charge < -0.3 is 25.8 Å². The van der Waals surface area contributed by atoms with Crippen LogP contribution in [0.3, 0.4) is 0 Å². The smallest absolute Gasteiger partial charge is 0.410 e. The summed E-state index contributed by atoms with van der Waals surface area (Å²) < 4.78 is 11.3. The minimum Gasteiger partial charge on any atom is -0.456 e. The molecule has 6 nitrogen and oxygen atoms in total. The first-order chi connectivity index (χ1) is 12.7. The number of piperidine rings is 1. The molecule has 1 amide bonds. The summed E-state index contributed by atoms with van der Waals surface area (Å²) in [5, 5.41) is 0. The number of nitrogens with zero attached hydrogens (tertiary/aromatic N) is 1. The predicted molar refractivity (Wildman–Crippen MR) is 107 cm³/mol. The van der Waals surface area contributed by atoms with Crippen LogP contribution in [-0.2, 0) is 4.74 Å². The fourth-order valence-electron chi connectivity index (χ4n) is 3.05. The molecule has 1 saturated heterocycles. The Kier molecular flexibility index (Phi) is 6.77. The van der Waals surface area contributed by atoms with Crippen molar-refractivity contribution in [1.29, 1.82) is 0 Å². The lowest BCUT2D eigenvalue weighted by molar-refractivity contribution is 0.0198. The Morgan fingerprint density at radius 3 is 2.70 bits per heavy atom. The Morgan fingerprint density at radius 1 is 1.33 bits per heavy atom. The summed E-state index contributed by atoms with van der Waals surface area (Å²) >= 11 is 0. The van der Waals surface area contributed by atoms with Crippen molar-refractivity contribution in [1.82, 2.24) is 4.90 Å². The average molecular weight is 373 g/mol. The highest BCUT2D eigenvalue weighted by molar-refractivity contribution is 5.68. The molecule has 148 valence electrons. The number of rotatable bonds is 4. The molecule has 1 aromatic carbocycles. The third-order valence-electron chi connectivity index (χ3n) is 4.17. The van der Waals surface area contributed by atoms with E-state index in [0.29, 0.717) is 23.8 Å². The van der Waals surface area contributed by atoms with E-state index in [2.05, 4.69) is 6.07 Å². The number of carbonyl (C=O) groups excluding carboxylic acids is 1. The molecule has 2 rings (SSSR count). The zero-order valence-corrected chi connectivity index (χ0v) is 16.7. The van der Waals surface area contributed by atoms with Gasteiger partial charge in [-0.15, -0.1) is 0 Å². The van der Waals surface area contributed by atoms with E-state index in [1.54, 1.807) is 17.9 Å². The van der Waals surface area contributed by atoms with Gasteiger partial charge in [-0.1, -0.05) is 12.1 Å². The molecule has 0 bridgehead atoms. The standard InChI is InChI=1S/C21H31N3O3/c1-15(23)11-19(13-22)26-18-9-5-7-16(12-18)17-8-6-10-24(14-17)20(25)27-21(2,3)4/h5,7,9,11-13,17H,6,8,10,14,22-23H2,1-4H3/b15-11-,19-13+. The van der Waals surface area contributed by atoms with Crippen LogP contribution < -0.4 is 16.2 Å². The van der Waals surface area contributed by atoms with Gasteiger partial charge in [0.25, 0.3) is 0 Å². The molecule has 1 atom stereocenters. The normalized spacial score (nSPS) is 19.0. The molecule has 4 N–H and O–H groups in total. The summed E-state index contributed by atoms with van der Waals surface area (Å²) in [5.74, 6) is 1.43. The van der Waals surface area contributed by atoms with Crippen molar-refractivity contribution in [3.8, 4) is 5.75 Å². The first-order valence-electron chi connectivity index (χ1n) is 9.29. The Morgan fingerprint density at radius 2 is 2.07 bits per heavy atom. The number of benzene rings is 1. The molecule has 0 aliphatic carbocycles. The molecule has 0 aromatic heterocycles. The molecule has 0 spiro atoms. The van der Waals surface area contributed by atoms with Crippen LogP contribution in [0, 0.1) is 0 Å². The summed E-state index contributed by atoms with van der Waals surface area (Å²) in [6.45, 7) is 8.78. The molecule has 1 heterocycles. The van der Waals surface area contributed by atoms with Gasteiger partial charge in [0.05, 0.1) is 0 Å². The van der Waals surface area contributed by atoms with Gasteiger partial charge in [0.15, 0.2) is 0 Å². The fourth-order valence-corrected chi connectivity index (χ4v) is 3.05. The van der Waals surface area contributed by atoms with Gasteiger partial charge in [0.2, 0.25) is 0 Å². The molecular formula is C21H31N3O3. The van der Waals surface area contributed by atoms with Gasteiger partial charge in [-0.25, -0.2) is 4.79 Å². The van der Waals surface area contributed by atoms with Crippen LogP contribution in [0.1, 0.15) is 52.0 Å². The number of allylic oxidation sites excluding steroid dienone is 2. The maximum atomic E-state index is 12.4. The number of carbonyl (C=O) groups is 1. The molecule has 1 aromatic rings. The Labute approximate surface area is 161 Å². The van der Waals surface area contributed by atoms with Crippen LogP contribution in [0.4, 0.5) is 4.79 Å². The number of hydrogen-bond acceptors (Lipinski definition) is 5. The third-order valence-corrected chi connectivity index (χ3v) is 4.17. The topological polar surface area (TPSA) is 90.8 Å². The van der Waals surface area contributed by atoms with E-state index in [4.69, 9.17) is 20.9 Å². The Hall–Kier alpha value is -2.63. The monoisotopic (exact) mass is 373 g/mol. The number of hydrogen-bond donors (Lipinski definition) is 2. The molecular weight excluding hydrogens is 342 g/mol. The highest BCUT2D eigenvalue weighted by Gasteiger charge is 2.28. The van der Waals surface area contributed by atoms with Crippen molar-refractivity contribution < 1.29 is 14.3 Å². The van der Waals surface area contributed by atoms with E-state index in [9.17, 15) is 4.79 Å². The van der Waals surface area contributed by atoms with Gasteiger partial charge in [-0.2, -0.15) is 0 Å². The van der Waals surface area contributed by atoms with Crippen molar-refractivity contribution in [2.45, 2.75) is 52.1 Å². The molecule has 1 aliphatic heterocycles. The summed E-state index contributed by atoms with van der Waals surface area (Å²) in [6.07, 6.45) is 4.77. The second-order valence-corrected chi connectivity index (χ2v) is 7.90. The van der Waals surface area contributed by atoms with Crippen LogP contribution in [0.5, 0.6) is 5.75 Å². The molecule has 0 radical (unpaired) electrons. The lowest BCUT2D eigenvalue weighted by Gasteiger charge is -2.34. The minimum absolute atomic E-state index is 0.243. The van der Waals surface area contributed by atoms with Crippen molar-refractivity contribution in [3.05, 3.63) is 53.6 Å². The van der Waals surface area contributed by atoms with E-state index in [1.807, 2.05) is 39.0 Å². The largest absolute Gasteiger partial charge is 0.456 e. The van der Waals surface area contributed by atoms with Crippen LogP contribution in [0.2, 0.25) is 0 Å². The van der Waals surface area contributed by atoms with Crippen LogP contribution in [0.25, 0.3) is 0 Å². The molecule has 0 saturated carbocycles. The van der Waals surface area contributed by atoms with Crippen LogP contribution in [-0.4, -0.2) is 29.7 Å². The second-order valence-electron chi connectivity index (χ2n) is 7.90. The molecule has 27 heavy (non-hydrogen) atoms. The van der Waals surface area contributed by atoms with E-state index in [0.717, 1.165) is 24.9 Å². The zero-order valence-electron chi connectivity index (χ0n) is 16.7. The summed E-state index contributed by atoms with van der Waals surface area (Å²) in [7, 11) is 0. The predicted octanol–water partition coefficient (Wildman–Crippen LogP) is 3.84. The minimum atomic E-state index is -0.489. The third kappa shape index (κ3) is 6.55. The molecule has 1 aliphatic rings. The summed E-state index contributed by atoms with van der Waals surface area (Å²) in [4.78, 5) is 14.2. The summed E-state index contributed by atoms with van der Waals surface area (Å²) in [5.41, 5.74) is 12.6. The van der Waals surface area contributed by atoms with Gasteiger partial charge in [0, 0.05) is 37.0 Å². The molecule has 6 heteroatoms. The van der Waals surface area contributed by atoms with Gasteiger partial charge in [-0.05, 0) is 58.2 Å². The fraction of sp³-hybridized carbons (Fsp3) is 0.476. The SMILES string of the molecule is C/C(N)=C/C(=C\N)Oc1cccc(C2CCCN(C(=O)OC(C)(C)C)C2)c1. The number of ether oxygens (including phenoxy) is 2. The van der Waals surface area contributed by atoms with E-state index in [-0.39, 0.29) is 12.0 Å². The quantitative estimate of drug-likeness (QED) is 0.618. The number of amides is 1. The second kappa shape index (κ2) is 8.84. The summed E-state index contributed by atoms with van der Waals surface area (Å²) in [6, 6.07) is 7.88. The van der Waals surface area contributed by atoms with Crippen molar-refractivity contribution in [2.24, 2.45) is 11.5 Å². The van der Waals surface area contributed by atoms with E-state index >= 15 is 0 Å². The first kappa shape index (κ1) is 20.7. The van der Waals surface area contributed by atoms with Crippen molar-refractivity contribution >= 4 is 6.09 Å². The number of likely N-dealkylation sites (tertiary alicyclic amines) is 1. The Balaban J connectivity index is 2.09.